The molecule has 3 heteroatoms. The molecule has 1 aliphatic rings. The molecule has 0 amide bonds. The van der Waals surface area contributed by atoms with Gasteiger partial charge >= 0.3 is 5.97 Å². The van der Waals surface area contributed by atoms with Gasteiger partial charge in [0, 0.05) is 5.54 Å². The minimum Gasteiger partial charge on any atom is -0.466 e. The molecular weight excluding hydrogens is 178 g/mol. The number of ether oxygens (including phenoxy) is 1. The predicted octanol–water partition coefficient (Wildman–Crippen LogP) is 1.99. The van der Waals surface area contributed by atoms with Gasteiger partial charge < -0.3 is 10.5 Å². The number of unbranched alkanes of at least 4 members (excludes halogenated alkanes) is 2. The maximum absolute atomic E-state index is 11.3. The summed E-state index contributed by atoms with van der Waals surface area (Å²) >= 11 is 0. The van der Waals surface area contributed by atoms with Crippen molar-refractivity contribution in [2.24, 2.45) is 5.73 Å². The van der Waals surface area contributed by atoms with Gasteiger partial charge in [0.05, 0.1) is 13.0 Å². The molecule has 82 valence electrons. The van der Waals surface area contributed by atoms with Crippen LogP contribution in [0.2, 0.25) is 0 Å². The highest BCUT2D eigenvalue weighted by Gasteiger charge is 2.35. The molecule has 1 aliphatic carbocycles. The van der Waals surface area contributed by atoms with Gasteiger partial charge in [-0.15, -0.1) is 0 Å². The lowest BCUT2D eigenvalue weighted by Crippen LogP contribution is -2.48. The highest BCUT2D eigenvalue weighted by Crippen LogP contribution is 2.32. The Morgan fingerprint density at radius 1 is 1.43 bits per heavy atom. The summed E-state index contributed by atoms with van der Waals surface area (Å²) in [5, 5.41) is 0. The first kappa shape index (κ1) is 11.5. The van der Waals surface area contributed by atoms with E-state index in [1.807, 2.05) is 0 Å². The van der Waals surface area contributed by atoms with E-state index in [0.29, 0.717) is 13.0 Å². The Balaban J connectivity index is 2.04. The Kier molecular flexibility index (Phi) is 4.39. The van der Waals surface area contributed by atoms with E-state index in [-0.39, 0.29) is 11.5 Å². The first-order valence-electron chi connectivity index (χ1n) is 5.61. The average molecular weight is 199 g/mol. The fourth-order valence-corrected chi connectivity index (χ4v) is 1.68. The minimum atomic E-state index is -0.234. The Morgan fingerprint density at radius 2 is 2.14 bits per heavy atom. The third-order valence-corrected chi connectivity index (χ3v) is 2.86. The van der Waals surface area contributed by atoms with E-state index in [2.05, 4.69) is 6.92 Å². The molecule has 1 saturated carbocycles. The number of esters is 1. The lowest BCUT2D eigenvalue weighted by atomic mass is 9.75. The van der Waals surface area contributed by atoms with Gasteiger partial charge in [-0.1, -0.05) is 19.8 Å². The summed E-state index contributed by atoms with van der Waals surface area (Å²) in [6.07, 6.45) is 6.74. The molecule has 0 atom stereocenters. The lowest BCUT2D eigenvalue weighted by Gasteiger charge is -2.37. The molecule has 0 unspecified atom stereocenters. The Labute approximate surface area is 86.0 Å². The highest BCUT2D eigenvalue weighted by molar-refractivity contribution is 5.71. The summed E-state index contributed by atoms with van der Waals surface area (Å²) in [4.78, 5) is 11.3. The first-order chi connectivity index (χ1) is 6.66. The standard InChI is InChI=1S/C11H21NO2/c1-2-3-4-8-14-10(13)9-11(12)6-5-7-11/h2-9,12H2,1H3. The Bertz CT molecular complexity index is 188. The molecule has 1 fully saturated rings. The van der Waals surface area contributed by atoms with Crippen LogP contribution in [0.25, 0.3) is 0 Å². The van der Waals surface area contributed by atoms with Crippen molar-refractivity contribution in [3.63, 3.8) is 0 Å². The van der Waals surface area contributed by atoms with Crippen LogP contribution in [0, 0.1) is 0 Å². The van der Waals surface area contributed by atoms with Crippen LogP contribution in [0.5, 0.6) is 0 Å². The molecule has 0 bridgehead atoms. The normalized spacial score (nSPS) is 18.7. The van der Waals surface area contributed by atoms with E-state index in [1.54, 1.807) is 0 Å². The fourth-order valence-electron chi connectivity index (χ4n) is 1.68. The van der Waals surface area contributed by atoms with Gasteiger partial charge in [0.15, 0.2) is 0 Å². The van der Waals surface area contributed by atoms with Gasteiger partial charge in [-0.3, -0.25) is 4.79 Å². The second kappa shape index (κ2) is 5.35. The zero-order valence-corrected chi connectivity index (χ0v) is 9.05. The third kappa shape index (κ3) is 3.66. The van der Waals surface area contributed by atoms with Crippen molar-refractivity contribution in [3.8, 4) is 0 Å². The number of carbonyl (C=O) groups excluding carboxylic acids is 1. The second-order valence-electron chi connectivity index (χ2n) is 4.32. The summed E-state index contributed by atoms with van der Waals surface area (Å²) in [6, 6.07) is 0. The summed E-state index contributed by atoms with van der Waals surface area (Å²) in [6.45, 7) is 2.69. The SMILES string of the molecule is CCCCCOC(=O)CC1(N)CCC1. The molecule has 0 saturated heterocycles. The molecular formula is C11H21NO2. The van der Waals surface area contributed by atoms with Crippen molar-refractivity contribution in [2.45, 2.75) is 57.4 Å². The molecule has 0 aromatic carbocycles. The zero-order valence-electron chi connectivity index (χ0n) is 9.05. The number of hydrogen-bond donors (Lipinski definition) is 1. The van der Waals surface area contributed by atoms with Gasteiger partial charge in [0.25, 0.3) is 0 Å². The smallest absolute Gasteiger partial charge is 0.307 e. The fraction of sp³-hybridized carbons (Fsp3) is 0.909. The van der Waals surface area contributed by atoms with Crippen molar-refractivity contribution in [1.29, 1.82) is 0 Å². The lowest BCUT2D eigenvalue weighted by molar-refractivity contribution is -0.146. The van der Waals surface area contributed by atoms with Crippen LogP contribution >= 0.6 is 0 Å². The van der Waals surface area contributed by atoms with Crippen LogP contribution < -0.4 is 5.73 Å². The summed E-state index contributed by atoms with van der Waals surface area (Å²) in [5.74, 6) is -0.122. The summed E-state index contributed by atoms with van der Waals surface area (Å²) in [5.41, 5.74) is 5.70. The molecule has 0 aliphatic heterocycles. The highest BCUT2D eigenvalue weighted by atomic mass is 16.5. The quantitative estimate of drug-likeness (QED) is 0.525. The maximum Gasteiger partial charge on any atom is 0.307 e. The third-order valence-electron chi connectivity index (χ3n) is 2.86. The van der Waals surface area contributed by atoms with Gasteiger partial charge in [0.1, 0.15) is 0 Å². The van der Waals surface area contributed by atoms with Crippen molar-refractivity contribution in [1.82, 2.24) is 0 Å². The van der Waals surface area contributed by atoms with Gasteiger partial charge in [-0.2, -0.15) is 0 Å². The van der Waals surface area contributed by atoms with Crippen LogP contribution in [0.4, 0.5) is 0 Å². The molecule has 0 heterocycles. The van der Waals surface area contributed by atoms with E-state index in [1.165, 1.54) is 0 Å². The second-order valence-corrected chi connectivity index (χ2v) is 4.32. The molecule has 2 N–H and O–H groups in total. The summed E-state index contributed by atoms with van der Waals surface area (Å²) in [7, 11) is 0. The minimum absolute atomic E-state index is 0.122. The van der Waals surface area contributed by atoms with Gasteiger partial charge in [-0.25, -0.2) is 0 Å². The van der Waals surface area contributed by atoms with Crippen molar-refractivity contribution >= 4 is 5.97 Å². The van der Waals surface area contributed by atoms with E-state index in [4.69, 9.17) is 10.5 Å². The van der Waals surface area contributed by atoms with Crippen LogP contribution in [0.15, 0.2) is 0 Å². The van der Waals surface area contributed by atoms with Gasteiger partial charge in [0.2, 0.25) is 0 Å². The Morgan fingerprint density at radius 3 is 2.64 bits per heavy atom. The summed E-state index contributed by atoms with van der Waals surface area (Å²) < 4.78 is 5.10. The van der Waals surface area contributed by atoms with Crippen molar-refractivity contribution in [3.05, 3.63) is 0 Å². The topological polar surface area (TPSA) is 52.3 Å². The van der Waals surface area contributed by atoms with Crippen molar-refractivity contribution < 1.29 is 9.53 Å². The van der Waals surface area contributed by atoms with Crippen LogP contribution in [0.1, 0.15) is 51.9 Å². The maximum atomic E-state index is 11.3. The predicted molar refractivity (Wildman–Crippen MR) is 55.9 cm³/mol. The van der Waals surface area contributed by atoms with Gasteiger partial charge in [-0.05, 0) is 25.7 Å². The van der Waals surface area contributed by atoms with Crippen LogP contribution in [-0.4, -0.2) is 18.1 Å². The largest absolute Gasteiger partial charge is 0.466 e. The molecule has 14 heavy (non-hydrogen) atoms. The number of carbonyl (C=O) groups is 1. The first-order valence-corrected chi connectivity index (χ1v) is 5.61. The number of nitrogens with two attached hydrogens (primary N) is 1. The van der Waals surface area contributed by atoms with Crippen LogP contribution in [-0.2, 0) is 9.53 Å². The molecule has 3 nitrogen and oxygen atoms in total. The number of hydrogen-bond acceptors (Lipinski definition) is 3. The molecule has 1 rings (SSSR count). The zero-order chi connectivity index (χ0) is 10.4. The monoisotopic (exact) mass is 199 g/mol. The Hall–Kier alpha value is -0.570. The van der Waals surface area contributed by atoms with E-state index >= 15 is 0 Å². The molecule has 0 aromatic rings. The van der Waals surface area contributed by atoms with Crippen LogP contribution in [0.3, 0.4) is 0 Å². The van der Waals surface area contributed by atoms with E-state index in [9.17, 15) is 4.79 Å². The molecule has 0 aromatic heterocycles. The van der Waals surface area contributed by atoms with Crippen molar-refractivity contribution in [2.75, 3.05) is 6.61 Å². The average Bonchev–Trinajstić information content (AvgIpc) is 2.10. The molecule has 0 radical (unpaired) electrons. The van der Waals surface area contributed by atoms with E-state index in [0.717, 1.165) is 38.5 Å². The number of rotatable bonds is 6. The molecule has 0 spiro atoms. The van der Waals surface area contributed by atoms with E-state index < -0.39 is 0 Å².